The van der Waals surface area contributed by atoms with Gasteiger partial charge in [-0.2, -0.15) is 0 Å². The molecule has 0 saturated heterocycles. The summed E-state index contributed by atoms with van der Waals surface area (Å²) in [6.45, 7) is 0. The maximum absolute atomic E-state index is 13.3. The fourth-order valence-electron chi connectivity index (χ4n) is 3.96. The van der Waals surface area contributed by atoms with Gasteiger partial charge in [0.2, 0.25) is 0 Å². The number of carbonyl (C=O) groups is 2. The number of nitrogens with zero attached hydrogens (tertiary/aromatic N) is 3. The number of hydrogen-bond acceptors (Lipinski definition) is 5. The molecule has 0 aliphatic carbocycles. The summed E-state index contributed by atoms with van der Waals surface area (Å²) in [5.74, 6) is -1.32. The van der Waals surface area contributed by atoms with Crippen molar-refractivity contribution in [3.8, 4) is 0 Å². The third-order valence-electron chi connectivity index (χ3n) is 5.64. The highest BCUT2D eigenvalue weighted by molar-refractivity contribution is 6.16. The lowest BCUT2D eigenvalue weighted by Gasteiger charge is -2.27. The van der Waals surface area contributed by atoms with Crippen molar-refractivity contribution < 1.29 is 14.7 Å². The minimum Gasteiger partial charge on any atom is -0.503 e. The fraction of sp³-hybridized carbons (Fsp3) is 0.192. The Morgan fingerprint density at radius 1 is 1.03 bits per heavy atom. The predicted molar refractivity (Wildman–Crippen MR) is 125 cm³/mol. The fourth-order valence-corrected chi connectivity index (χ4v) is 3.96. The van der Waals surface area contributed by atoms with Gasteiger partial charge in [0, 0.05) is 44.3 Å². The number of aliphatic hydroxyl groups excluding tert-OH is 1. The first kappa shape index (κ1) is 21.3. The second-order valence-corrected chi connectivity index (χ2v) is 7.95. The van der Waals surface area contributed by atoms with Crippen molar-refractivity contribution in [1.82, 2.24) is 4.98 Å². The molecule has 1 aromatic heterocycles. The maximum Gasteiger partial charge on any atom is 0.294 e. The summed E-state index contributed by atoms with van der Waals surface area (Å²) in [6, 6.07) is 20.0. The molecule has 6 nitrogen and oxygen atoms in total. The van der Waals surface area contributed by atoms with Crippen LogP contribution in [-0.4, -0.2) is 35.9 Å². The Balaban J connectivity index is 1.69. The van der Waals surface area contributed by atoms with Gasteiger partial charge in [-0.1, -0.05) is 36.4 Å². The van der Waals surface area contributed by atoms with Crippen LogP contribution in [-0.2, 0) is 16.0 Å². The van der Waals surface area contributed by atoms with E-state index in [1.165, 1.54) is 4.90 Å². The number of amides is 1. The van der Waals surface area contributed by atoms with Gasteiger partial charge in [-0.15, -0.1) is 0 Å². The van der Waals surface area contributed by atoms with Crippen molar-refractivity contribution in [2.24, 2.45) is 0 Å². The number of anilines is 2. The van der Waals surface area contributed by atoms with E-state index in [1.807, 2.05) is 79.7 Å². The third kappa shape index (κ3) is 4.12. The van der Waals surface area contributed by atoms with Gasteiger partial charge in [0.15, 0.2) is 11.5 Å². The monoisotopic (exact) mass is 427 g/mol. The summed E-state index contributed by atoms with van der Waals surface area (Å²) in [5, 5.41) is 10.8. The molecule has 1 aliphatic rings. The zero-order chi connectivity index (χ0) is 22.7. The lowest BCUT2D eigenvalue weighted by atomic mass is 9.94. The Morgan fingerprint density at radius 2 is 1.75 bits per heavy atom. The van der Waals surface area contributed by atoms with Crippen LogP contribution in [0.3, 0.4) is 0 Å². The van der Waals surface area contributed by atoms with Crippen LogP contribution in [0.15, 0.2) is 90.5 Å². The molecule has 1 amide bonds. The second kappa shape index (κ2) is 9.06. The lowest BCUT2D eigenvalue weighted by molar-refractivity contribution is -0.118. The van der Waals surface area contributed by atoms with E-state index in [0.717, 1.165) is 11.3 Å². The number of aryl methyl sites for hydroxylation is 1. The van der Waals surface area contributed by atoms with Crippen molar-refractivity contribution in [2.75, 3.05) is 23.9 Å². The number of aliphatic hydroxyl groups is 1. The molecule has 0 spiro atoms. The van der Waals surface area contributed by atoms with Crippen molar-refractivity contribution in [3.63, 3.8) is 0 Å². The van der Waals surface area contributed by atoms with Gasteiger partial charge in [0.1, 0.15) is 0 Å². The van der Waals surface area contributed by atoms with Gasteiger partial charge < -0.3 is 10.0 Å². The average Bonchev–Trinajstić information content (AvgIpc) is 3.09. The first-order chi connectivity index (χ1) is 15.5. The van der Waals surface area contributed by atoms with Crippen LogP contribution in [0.1, 0.15) is 23.6 Å². The Hall–Kier alpha value is -3.93. The molecule has 162 valence electrons. The zero-order valence-electron chi connectivity index (χ0n) is 18.1. The Bertz CT molecular complexity index is 1140. The van der Waals surface area contributed by atoms with Crippen molar-refractivity contribution in [3.05, 3.63) is 102 Å². The number of Topliss-reactive ketones (excluding diaryl/α,β-unsaturated/α-hetero) is 1. The van der Waals surface area contributed by atoms with Crippen LogP contribution in [0.4, 0.5) is 11.4 Å². The number of benzene rings is 2. The normalized spacial score (nSPS) is 15.9. The Kier molecular flexibility index (Phi) is 6.03. The minimum absolute atomic E-state index is 0.121. The van der Waals surface area contributed by atoms with E-state index in [0.29, 0.717) is 17.7 Å². The Labute approximate surface area is 187 Å². The van der Waals surface area contributed by atoms with Crippen LogP contribution in [0.25, 0.3) is 0 Å². The van der Waals surface area contributed by atoms with Gasteiger partial charge in [-0.05, 0) is 47.9 Å². The lowest BCUT2D eigenvalue weighted by Crippen LogP contribution is -2.31. The summed E-state index contributed by atoms with van der Waals surface area (Å²) in [6.07, 6.45) is 3.99. The van der Waals surface area contributed by atoms with Gasteiger partial charge >= 0.3 is 0 Å². The van der Waals surface area contributed by atoms with Crippen LogP contribution < -0.4 is 9.80 Å². The molecular formula is C26H25N3O3. The summed E-state index contributed by atoms with van der Waals surface area (Å²) in [5.41, 5.74) is 3.40. The summed E-state index contributed by atoms with van der Waals surface area (Å²) in [4.78, 5) is 34.0. The molecule has 0 fully saturated rings. The topological polar surface area (TPSA) is 73.7 Å². The highest BCUT2D eigenvalue weighted by Crippen LogP contribution is 2.41. The number of hydrogen-bond donors (Lipinski definition) is 1. The van der Waals surface area contributed by atoms with E-state index in [4.69, 9.17) is 0 Å². The molecule has 1 N–H and O–H groups in total. The largest absolute Gasteiger partial charge is 0.503 e. The van der Waals surface area contributed by atoms with E-state index in [2.05, 4.69) is 4.98 Å². The van der Waals surface area contributed by atoms with Gasteiger partial charge in [0.05, 0.1) is 11.6 Å². The molecule has 0 radical (unpaired) electrons. The Morgan fingerprint density at radius 3 is 2.38 bits per heavy atom. The number of carbonyl (C=O) groups excluding carboxylic acids is 2. The molecule has 0 saturated carbocycles. The first-order valence-electron chi connectivity index (χ1n) is 10.5. The van der Waals surface area contributed by atoms with E-state index >= 15 is 0 Å². The number of pyridine rings is 1. The molecule has 1 aliphatic heterocycles. The molecule has 6 heteroatoms. The second-order valence-electron chi connectivity index (χ2n) is 7.95. The average molecular weight is 428 g/mol. The smallest absolute Gasteiger partial charge is 0.294 e. The molecule has 2 aromatic carbocycles. The van der Waals surface area contributed by atoms with Gasteiger partial charge in [-0.3, -0.25) is 19.5 Å². The number of rotatable bonds is 7. The molecule has 1 atom stereocenters. The maximum atomic E-state index is 13.3. The highest BCUT2D eigenvalue weighted by Gasteiger charge is 2.44. The first-order valence-corrected chi connectivity index (χ1v) is 10.5. The standard InChI is InChI=1S/C26H25N3O3/c1-28(2)20-11-13-21(14-12-20)29-24(19-9-6-16-27-17-19)23(25(31)26(29)32)22(30)15-10-18-7-4-3-5-8-18/h3-9,11-14,16-17,24,31H,10,15H2,1-2H3. The summed E-state index contributed by atoms with van der Waals surface area (Å²) in [7, 11) is 3.87. The summed E-state index contributed by atoms with van der Waals surface area (Å²) >= 11 is 0. The van der Waals surface area contributed by atoms with E-state index in [1.54, 1.807) is 18.5 Å². The molecule has 1 unspecified atom stereocenters. The van der Waals surface area contributed by atoms with E-state index in [-0.39, 0.29) is 17.8 Å². The van der Waals surface area contributed by atoms with Crippen LogP contribution in [0.2, 0.25) is 0 Å². The highest BCUT2D eigenvalue weighted by atomic mass is 16.3. The quantitative estimate of drug-likeness (QED) is 0.610. The van der Waals surface area contributed by atoms with Crippen molar-refractivity contribution >= 4 is 23.1 Å². The summed E-state index contributed by atoms with van der Waals surface area (Å²) < 4.78 is 0. The van der Waals surface area contributed by atoms with Crippen molar-refractivity contribution in [1.29, 1.82) is 0 Å². The van der Waals surface area contributed by atoms with Crippen LogP contribution in [0.5, 0.6) is 0 Å². The van der Waals surface area contributed by atoms with Crippen LogP contribution in [0, 0.1) is 0 Å². The molecular weight excluding hydrogens is 402 g/mol. The number of ketones is 1. The molecule has 0 bridgehead atoms. The van der Waals surface area contributed by atoms with Gasteiger partial charge in [-0.25, -0.2) is 0 Å². The molecule has 4 rings (SSSR count). The molecule has 2 heterocycles. The minimum atomic E-state index is -0.732. The third-order valence-corrected chi connectivity index (χ3v) is 5.64. The SMILES string of the molecule is CN(C)c1ccc(N2C(=O)C(O)=C(C(=O)CCc3ccccc3)C2c2cccnc2)cc1. The van der Waals surface area contributed by atoms with Crippen molar-refractivity contribution in [2.45, 2.75) is 18.9 Å². The zero-order valence-corrected chi connectivity index (χ0v) is 18.1. The predicted octanol–water partition coefficient (Wildman–Crippen LogP) is 4.25. The number of aromatic nitrogens is 1. The van der Waals surface area contributed by atoms with E-state index < -0.39 is 17.7 Å². The molecule has 32 heavy (non-hydrogen) atoms. The molecule has 3 aromatic rings. The van der Waals surface area contributed by atoms with Gasteiger partial charge in [0.25, 0.3) is 5.91 Å². The van der Waals surface area contributed by atoms with E-state index in [9.17, 15) is 14.7 Å². The van der Waals surface area contributed by atoms with Crippen LogP contribution >= 0.6 is 0 Å².